The van der Waals surface area contributed by atoms with Crippen LogP contribution in [0.25, 0.3) is 10.6 Å². The third-order valence-electron chi connectivity index (χ3n) is 3.32. The van der Waals surface area contributed by atoms with Gasteiger partial charge in [-0.15, -0.1) is 11.3 Å². The summed E-state index contributed by atoms with van der Waals surface area (Å²) in [6.07, 6.45) is 0. The number of methoxy groups -OCH3 is 2. The number of ether oxygens (including phenoxy) is 3. The van der Waals surface area contributed by atoms with E-state index in [4.69, 9.17) is 14.2 Å². The van der Waals surface area contributed by atoms with Gasteiger partial charge in [0.2, 0.25) is 5.75 Å². The topological polar surface area (TPSA) is 40.6 Å². The number of aromatic nitrogens is 1. The Kier molecular flexibility index (Phi) is 4.78. The van der Waals surface area contributed by atoms with Crippen LogP contribution in [0.15, 0.2) is 53.9 Å². The van der Waals surface area contributed by atoms with Crippen molar-refractivity contribution in [3.63, 3.8) is 0 Å². The Labute approximate surface area is 139 Å². The molecule has 0 N–H and O–H groups in total. The molecule has 4 nitrogen and oxygen atoms in total. The van der Waals surface area contributed by atoms with Crippen LogP contribution in [0, 0.1) is 0 Å². The summed E-state index contributed by atoms with van der Waals surface area (Å²) in [7, 11) is 3.22. The van der Waals surface area contributed by atoms with E-state index in [1.54, 1.807) is 25.6 Å². The van der Waals surface area contributed by atoms with E-state index < -0.39 is 0 Å². The van der Waals surface area contributed by atoms with Crippen molar-refractivity contribution in [1.29, 1.82) is 0 Å². The van der Waals surface area contributed by atoms with Gasteiger partial charge in [0.25, 0.3) is 0 Å². The zero-order valence-corrected chi connectivity index (χ0v) is 13.8. The summed E-state index contributed by atoms with van der Waals surface area (Å²) >= 11 is 1.60. The lowest BCUT2D eigenvalue weighted by Crippen LogP contribution is -2.00. The minimum Gasteiger partial charge on any atom is -0.493 e. The first-order valence-electron chi connectivity index (χ1n) is 7.15. The van der Waals surface area contributed by atoms with Crippen LogP contribution < -0.4 is 14.2 Å². The van der Waals surface area contributed by atoms with E-state index >= 15 is 0 Å². The van der Waals surface area contributed by atoms with Crippen LogP contribution in [0.3, 0.4) is 0 Å². The molecule has 0 aliphatic rings. The van der Waals surface area contributed by atoms with Crippen LogP contribution in [0.5, 0.6) is 17.2 Å². The Morgan fingerprint density at radius 3 is 2.26 bits per heavy atom. The Hall–Kier alpha value is -2.53. The van der Waals surface area contributed by atoms with E-state index in [1.165, 1.54) is 0 Å². The third-order valence-corrected chi connectivity index (χ3v) is 4.26. The number of hydrogen-bond acceptors (Lipinski definition) is 5. The molecule has 3 rings (SSSR count). The highest BCUT2D eigenvalue weighted by Gasteiger charge is 2.12. The summed E-state index contributed by atoms with van der Waals surface area (Å²) in [5.41, 5.74) is 1.99. The molecule has 3 aromatic rings. The fraction of sp³-hybridized carbons (Fsp3) is 0.167. The lowest BCUT2D eigenvalue weighted by molar-refractivity contribution is 0.263. The van der Waals surface area contributed by atoms with Gasteiger partial charge >= 0.3 is 0 Å². The van der Waals surface area contributed by atoms with Crippen molar-refractivity contribution in [1.82, 2.24) is 4.98 Å². The van der Waals surface area contributed by atoms with Crippen molar-refractivity contribution in [2.24, 2.45) is 0 Å². The molecule has 0 amide bonds. The monoisotopic (exact) mass is 327 g/mol. The zero-order chi connectivity index (χ0) is 16.1. The molecule has 5 heteroatoms. The van der Waals surface area contributed by atoms with Crippen molar-refractivity contribution in [2.75, 3.05) is 14.2 Å². The molecule has 0 radical (unpaired) electrons. The highest BCUT2D eigenvalue weighted by Crippen LogP contribution is 2.37. The number of hydrogen-bond donors (Lipinski definition) is 0. The second-order valence-corrected chi connectivity index (χ2v) is 5.65. The second kappa shape index (κ2) is 7.15. The van der Waals surface area contributed by atoms with Crippen LogP contribution in [-0.4, -0.2) is 19.2 Å². The van der Waals surface area contributed by atoms with E-state index in [0.717, 1.165) is 16.3 Å². The molecule has 0 unspecified atom stereocenters. The maximum atomic E-state index is 5.88. The highest BCUT2D eigenvalue weighted by atomic mass is 32.1. The Morgan fingerprint density at radius 2 is 1.61 bits per heavy atom. The minimum atomic E-state index is 0.361. The molecule has 0 saturated carbocycles. The molecule has 23 heavy (non-hydrogen) atoms. The molecule has 1 heterocycles. The van der Waals surface area contributed by atoms with Gasteiger partial charge in [0.05, 0.1) is 19.9 Å². The Balaban J connectivity index is 1.76. The summed E-state index contributed by atoms with van der Waals surface area (Å²) in [4.78, 5) is 4.62. The van der Waals surface area contributed by atoms with Crippen molar-refractivity contribution >= 4 is 11.3 Å². The molecular formula is C18H17NO3S. The fourth-order valence-corrected chi connectivity index (χ4v) is 3.00. The smallest absolute Gasteiger partial charge is 0.203 e. The van der Waals surface area contributed by atoms with E-state index in [9.17, 15) is 0 Å². The second-order valence-electron chi connectivity index (χ2n) is 4.79. The minimum absolute atomic E-state index is 0.361. The predicted octanol–water partition coefficient (Wildman–Crippen LogP) is 4.41. The number of nitrogens with zero attached hydrogens (tertiary/aromatic N) is 1. The van der Waals surface area contributed by atoms with Gasteiger partial charge in [-0.05, 0) is 12.1 Å². The van der Waals surface area contributed by atoms with Crippen molar-refractivity contribution < 1.29 is 14.2 Å². The fourth-order valence-electron chi connectivity index (χ4n) is 2.19. The Morgan fingerprint density at radius 1 is 0.913 bits per heavy atom. The highest BCUT2D eigenvalue weighted by molar-refractivity contribution is 7.13. The van der Waals surface area contributed by atoms with Gasteiger partial charge in [-0.3, -0.25) is 0 Å². The first-order valence-corrected chi connectivity index (χ1v) is 8.03. The summed E-state index contributed by atoms with van der Waals surface area (Å²) in [5, 5.41) is 2.99. The summed E-state index contributed by atoms with van der Waals surface area (Å²) in [6.45, 7) is 0.361. The van der Waals surface area contributed by atoms with Crippen LogP contribution in [0.4, 0.5) is 0 Å². The molecule has 0 atom stereocenters. The van der Waals surface area contributed by atoms with Crippen molar-refractivity contribution in [2.45, 2.75) is 6.61 Å². The van der Waals surface area contributed by atoms with E-state index in [0.29, 0.717) is 23.9 Å². The molecular weight excluding hydrogens is 310 g/mol. The van der Waals surface area contributed by atoms with Gasteiger partial charge in [0.1, 0.15) is 11.6 Å². The number of benzene rings is 2. The SMILES string of the molecule is COc1cccc(OC)c1OCc1csc(-c2ccccc2)n1. The molecule has 118 valence electrons. The van der Waals surface area contributed by atoms with Gasteiger partial charge < -0.3 is 14.2 Å². The van der Waals surface area contributed by atoms with Gasteiger partial charge in [0.15, 0.2) is 11.5 Å². The average Bonchev–Trinajstić information content (AvgIpc) is 3.09. The first-order chi connectivity index (χ1) is 11.3. The number of rotatable bonds is 6. The third kappa shape index (κ3) is 3.46. The normalized spacial score (nSPS) is 10.3. The molecule has 0 fully saturated rings. The lowest BCUT2D eigenvalue weighted by atomic mass is 10.2. The quantitative estimate of drug-likeness (QED) is 0.672. The van der Waals surface area contributed by atoms with E-state index in [-0.39, 0.29) is 0 Å². The van der Waals surface area contributed by atoms with E-state index in [1.807, 2.05) is 53.9 Å². The van der Waals surface area contributed by atoms with Crippen LogP contribution in [0.1, 0.15) is 5.69 Å². The Bertz CT molecular complexity index is 749. The van der Waals surface area contributed by atoms with Crippen molar-refractivity contribution in [3.8, 4) is 27.8 Å². The van der Waals surface area contributed by atoms with Gasteiger partial charge in [-0.1, -0.05) is 36.4 Å². The van der Waals surface area contributed by atoms with Gasteiger partial charge in [0, 0.05) is 10.9 Å². The number of para-hydroxylation sites is 1. The molecule has 0 bridgehead atoms. The number of thiazole rings is 1. The van der Waals surface area contributed by atoms with Gasteiger partial charge in [-0.2, -0.15) is 0 Å². The molecule has 0 saturated heterocycles. The summed E-state index contributed by atoms with van der Waals surface area (Å²) in [6, 6.07) is 15.7. The van der Waals surface area contributed by atoms with Crippen LogP contribution >= 0.6 is 11.3 Å². The van der Waals surface area contributed by atoms with Crippen LogP contribution in [-0.2, 0) is 6.61 Å². The summed E-state index contributed by atoms with van der Waals surface area (Å²) in [5.74, 6) is 1.87. The maximum absolute atomic E-state index is 5.88. The lowest BCUT2D eigenvalue weighted by Gasteiger charge is -2.13. The maximum Gasteiger partial charge on any atom is 0.203 e. The standard InChI is InChI=1S/C18H17NO3S/c1-20-15-9-6-10-16(21-2)17(15)22-11-14-12-23-18(19-14)13-7-4-3-5-8-13/h3-10,12H,11H2,1-2H3. The van der Waals surface area contributed by atoms with Gasteiger partial charge in [-0.25, -0.2) is 4.98 Å². The largest absolute Gasteiger partial charge is 0.493 e. The molecule has 0 spiro atoms. The first kappa shape index (κ1) is 15.4. The zero-order valence-electron chi connectivity index (χ0n) is 13.0. The van der Waals surface area contributed by atoms with E-state index in [2.05, 4.69) is 4.98 Å². The van der Waals surface area contributed by atoms with Crippen molar-refractivity contribution in [3.05, 3.63) is 59.6 Å². The molecule has 0 aliphatic heterocycles. The molecule has 0 aliphatic carbocycles. The molecule has 1 aromatic heterocycles. The van der Waals surface area contributed by atoms with Crippen LogP contribution in [0.2, 0.25) is 0 Å². The summed E-state index contributed by atoms with van der Waals surface area (Å²) < 4.78 is 16.5. The average molecular weight is 327 g/mol. The molecule has 2 aromatic carbocycles. The predicted molar refractivity (Wildman–Crippen MR) is 91.4 cm³/mol.